The highest BCUT2D eigenvalue weighted by atomic mass is 19.1. The molecule has 0 amide bonds. The third-order valence-electron chi connectivity index (χ3n) is 3.02. The highest BCUT2D eigenvalue weighted by molar-refractivity contribution is 4.77. The van der Waals surface area contributed by atoms with Crippen LogP contribution in [-0.4, -0.2) is 6.67 Å². The fourth-order valence-corrected chi connectivity index (χ4v) is 1.36. The van der Waals surface area contributed by atoms with Crippen molar-refractivity contribution in [2.75, 3.05) is 6.67 Å². The molecule has 0 aromatic heterocycles. The Morgan fingerprint density at radius 1 is 1.36 bits per heavy atom. The molecule has 0 fully saturated rings. The normalized spacial score (nSPS) is 19.4. The van der Waals surface area contributed by atoms with Crippen molar-refractivity contribution in [3.05, 3.63) is 0 Å². The molecule has 2 unspecified atom stereocenters. The van der Waals surface area contributed by atoms with Crippen LogP contribution in [0.5, 0.6) is 0 Å². The van der Waals surface area contributed by atoms with E-state index in [-0.39, 0.29) is 12.1 Å². The monoisotopic (exact) mass is 160 g/mol. The summed E-state index contributed by atoms with van der Waals surface area (Å²) in [5.41, 5.74) is -0.0734. The van der Waals surface area contributed by atoms with Gasteiger partial charge in [-0.1, -0.05) is 40.5 Å². The molecule has 0 aliphatic carbocycles. The van der Waals surface area contributed by atoms with Crippen molar-refractivity contribution in [3.8, 4) is 0 Å². The Labute approximate surface area is 70.2 Å². The van der Waals surface area contributed by atoms with E-state index in [1.807, 2.05) is 6.92 Å². The second kappa shape index (κ2) is 4.74. The van der Waals surface area contributed by atoms with Crippen molar-refractivity contribution in [1.29, 1.82) is 0 Å². The molecule has 0 radical (unpaired) electrons. The van der Waals surface area contributed by atoms with Gasteiger partial charge in [0, 0.05) is 0 Å². The average molecular weight is 160 g/mol. The van der Waals surface area contributed by atoms with Gasteiger partial charge in [-0.15, -0.1) is 0 Å². The Hall–Kier alpha value is -0.0700. The molecule has 1 heteroatoms. The summed E-state index contributed by atoms with van der Waals surface area (Å²) in [7, 11) is 0. The first-order valence-corrected chi connectivity index (χ1v) is 4.66. The van der Waals surface area contributed by atoms with E-state index in [2.05, 4.69) is 20.8 Å². The first-order valence-electron chi connectivity index (χ1n) is 4.66. The van der Waals surface area contributed by atoms with Crippen LogP contribution in [0.1, 0.15) is 47.0 Å². The van der Waals surface area contributed by atoms with Crippen LogP contribution in [0.4, 0.5) is 4.39 Å². The van der Waals surface area contributed by atoms with Gasteiger partial charge < -0.3 is 0 Å². The zero-order valence-electron chi connectivity index (χ0n) is 8.28. The standard InChI is InChI=1S/C10H21F/c1-5-7-9(3)10(4,6-2)8-11/h9H,5-8H2,1-4H3. The van der Waals surface area contributed by atoms with Crippen LogP contribution in [0.3, 0.4) is 0 Å². The number of hydrogen-bond donors (Lipinski definition) is 0. The fourth-order valence-electron chi connectivity index (χ4n) is 1.36. The van der Waals surface area contributed by atoms with Gasteiger partial charge in [-0.2, -0.15) is 0 Å². The van der Waals surface area contributed by atoms with Crippen LogP contribution in [-0.2, 0) is 0 Å². The summed E-state index contributed by atoms with van der Waals surface area (Å²) >= 11 is 0. The number of alkyl halides is 1. The van der Waals surface area contributed by atoms with Gasteiger partial charge in [0.25, 0.3) is 0 Å². The Morgan fingerprint density at radius 2 is 1.91 bits per heavy atom. The SMILES string of the molecule is CCCC(C)C(C)(CC)CF. The number of halogens is 1. The van der Waals surface area contributed by atoms with Gasteiger partial charge in [-0.05, 0) is 17.8 Å². The van der Waals surface area contributed by atoms with Crippen molar-refractivity contribution < 1.29 is 4.39 Å². The molecule has 0 aromatic carbocycles. The van der Waals surface area contributed by atoms with E-state index in [0.717, 1.165) is 19.3 Å². The quantitative estimate of drug-likeness (QED) is 0.573. The fraction of sp³-hybridized carbons (Fsp3) is 1.00. The summed E-state index contributed by atoms with van der Waals surface area (Å²) in [5, 5.41) is 0. The summed E-state index contributed by atoms with van der Waals surface area (Å²) < 4.78 is 12.6. The lowest BCUT2D eigenvalue weighted by molar-refractivity contribution is 0.131. The Kier molecular flexibility index (Phi) is 4.71. The molecular formula is C10H21F. The molecule has 0 saturated heterocycles. The van der Waals surface area contributed by atoms with Crippen LogP contribution in [0.15, 0.2) is 0 Å². The first-order chi connectivity index (χ1) is 5.10. The maximum absolute atomic E-state index is 12.6. The second-order valence-electron chi connectivity index (χ2n) is 3.83. The molecule has 0 spiro atoms. The predicted molar refractivity (Wildman–Crippen MR) is 48.4 cm³/mol. The average Bonchev–Trinajstić information content (AvgIpc) is 2.03. The highest BCUT2D eigenvalue weighted by Gasteiger charge is 2.28. The Balaban J connectivity index is 4.00. The van der Waals surface area contributed by atoms with Crippen LogP contribution >= 0.6 is 0 Å². The third kappa shape index (κ3) is 2.80. The predicted octanol–water partition coefficient (Wildman–Crippen LogP) is 3.81. The molecule has 11 heavy (non-hydrogen) atoms. The van der Waals surface area contributed by atoms with Gasteiger partial charge in [0.1, 0.15) is 0 Å². The minimum absolute atomic E-state index is 0.0734. The Morgan fingerprint density at radius 3 is 2.18 bits per heavy atom. The van der Waals surface area contributed by atoms with Crippen molar-refractivity contribution in [2.24, 2.45) is 11.3 Å². The van der Waals surface area contributed by atoms with E-state index in [1.54, 1.807) is 0 Å². The van der Waals surface area contributed by atoms with Crippen molar-refractivity contribution in [2.45, 2.75) is 47.0 Å². The van der Waals surface area contributed by atoms with Gasteiger partial charge in [-0.25, -0.2) is 0 Å². The lowest BCUT2D eigenvalue weighted by Crippen LogP contribution is -2.26. The molecule has 0 N–H and O–H groups in total. The molecule has 2 atom stereocenters. The van der Waals surface area contributed by atoms with Gasteiger partial charge in [-0.3, -0.25) is 4.39 Å². The minimum Gasteiger partial charge on any atom is -0.250 e. The van der Waals surface area contributed by atoms with E-state index in [4.69, 9.17) is 0 Å². The minimum atomic E-state index is -0.176. The highest BCUT2D eigenvalue weighted by Crippen LogP contribution is 2.34. The second-order valence-corrected chi connectivity index (χ2v) is 3.83. The molecular weight excluding hydrogens is 139 g/mol. The summed E-state index contributed by atoms with van der Waals surface area (Å²) in [5.74, 6) is 0.516. The molecule has 0 aliphatic heterocycles. The van der Waals surface area contributed by atoms with E-state index in [0.29, 0.717) is 5.92 Å². The van der Waals surface area contributed by atoms with E-state index in [9.17, 15) is 4.39 Å². The van der Waals surface area contributed by atoms with Crippen molar-refractivity contribution in [3.63, 3.8) is 0 Å². The number of rotatable bonds is 5. The van der Waals surface area contributed by atoms with Crippen molar-refractivity contribution in [1.82, 2.24) is 0 Å². The van der Waals surface area contributed by atoms with E-state index in [1.165, 1.54) is 0 Å². The van der Waals surface area contributed by atoms with E-state index >= 15 is 0 Å². The third-order valence-corrected chi connectivity index (χ3v) is 3.02. The van der Waals surface area contributed by atoms with Gasteiger partial charge in [0.2, 0.25) is 0 Å². The van der Waals surface area contributed by atoms with Crippen LogP contribution in [0, 0.1) is 11.3 Å². The lowest BCUT2D eigenvalue weighted by atomic mass is 9.75. The summed E-state index contributed by atoms with van der Waals surface area (Å²) in [6.07, 6.45) is 3.26. The topological polar surface area (TPSA) is 0 Å². The first kappa shape index (κ1) is 10.9. The van der Waals surface area contributed by atoms with Crippen molar-refractivity contribution >= 4 is 0 Å². The largest absolute Gasteiger partial charge is 0.250 e. The smallest absolute Gasteiger partial charge is 0.0950 e. The van der Waals surface area contributed by atoms with Crippen LogP contribution < -0.4 is 0 Å². The summed E-state index contributed by atoms with van der Waals surface area (Å²) in [6.45, 7) is 8.27. The van der Waals surface area contributed by atoms with E-state index < -0.39 is 0 Å². The molecule has 0 aromatic rings. The van der Waals surface area contributed by atoms with Gasteiger partial charge in [0.15, 0.2) is 0 Å². The van der Waals surface area contributed by atoms with Gasteiger partial charge in [0.05, 0.1) is 6.67 Å². The zero-order chi connectivity index (χ0) is 8.91. The maximum Gasteiger partial charge on any atom is 0.0950 e. The maximum atomic E-state index is 12.6. The molecule has 0 heterocycles. The zero-order valence-corrected chi connectivity index (χ0v) is 8.28. The molecule has 0 rings (SSSR count). The summed E-state index contributed by atoms with van der Waals surface area (Å²) in [6, 6.07) is 0. The molecule has 0 aliphatic rings. The van der Waals surface area contributed by atoms with Gasteiger partial charge >= 0.3 is 0 Å². The Bertz CT molecular complexity index is 95.0. The molecule has 0 saturated carbocycles. The molecule has 0 nitrogen and oxygen atoms in total. The molecule has 68 valence electrons. The van der Waals surface area contributed by atoms with Crippen LogP contribution in [0.2, 0.25) is 0 Å². The van der Waals surface area contributed by atoms with Crippen LogP contribution in [0.25, 0.3) is 0 Å². The summed E-state index contributed by atoms with van der Waals surface area (Å²) in [4.78, 5) is 0. The molecule has 0 bridgehead atoms. The number of hydrogen-bond acceptors (Lipinski definition) is 0. The lowest BCUT2D eigenvalue weighted by Gasteiger charge is -2.31.